The molecule has 4 aliphatic heterocycles. The quantitative estimate of drug-likeness (QED) is 0.0892. The number of anilines is 2. The number of rotatable bonds is 5. The molecule has 4 heterocycles. The summed E-state index contributed by atoms with van der Waals surface area (Å²) in [5.41, 5.74) is 5.45. The standard InChI is InChI=1S/C18H14Cl2FN3O4.C18H16Cl2FN3O2.2CH4/c19-8-4-5-10-12(6-8)22-17(26)18(10)14(9-2-1-3-11(20)15(9)21)16(24(27)28)13(7-25)23-18;19-8-4-5-10-12(6-8)23-17(26)18(10)14(16(22)13(7-25)24-18)9-2-1-3-11(20)15(9)21;;/h1-6,13-14,16,23,25H,7H2,(H,22,26);1-6,13-14,16,24-25H,7,22H2,(H,23,26);2*1H4/t2*13-,14-,16+,18+;;/m00../s1. The van der Waals surface area contributed by atoms with Crippen LogP contribution in [0.4, 0.5) is 20.2 Å². The zero-order chi connectivity index (χ0) is 38.9. The number of aliphatic hydroxyl groups is 2. The van der Waals surface area contributed by atoms with Gasteiger partial charge in [-0.05, 0) is 42.0 Å². The first-order valence-corrected chi connectivity index (χ1v) is 18.0. The van der Waals surface area contributed by atoms with Gasteiger partial charge in [0.05, 0.1) is 29.2 Å². The molecule has 0 aromatic heterocycles. The number of aliphatic hydroxyl groups excluding tert-OH is 2. The summed E-state index contributed by atoms with van der Waals surface area (Å²) in [6.45, 7) is -0.903. The Morgan fingerprint density at radius 3 is 1.59 bits per heavy atom. The van der Waals surface area contributed by atoms with Crippen LogP contribution in [0, 0.1) is 21.7 Å². The molecule has 0 saturated carbocycles. The number of nitrogens with zero attached hydrogens (tertiary/aromatic N) is 1. The fourth-order valence-corrected chi connectivity index (χ4v) is 9.15. The highest BCUT2D eigenvalue weighted by Gasteiger charge is 2.67. The Morgan fingerprint density at radius 1 is 0.714 bits per heavy atom. The van der Waals surface area contributed by atoms with Gasteiger partial charge in [0.2, 0.25) is 17.9 Å². The maximum absolute atomic E-state index is 14.9. The molecule has 12 nitrogen and oxygen atoms in total. The highest BCUT2D eigenvalue weighted by Crippen LogP contribution is 2.54. The SMILES string of the molecule is C.C.N[C@@H]1[C@H](CO)N[C@@]2(C(=O)Nc3cc(Cl)ccc32)[C@H]1c1cccc(Cl)c1F.O=C1Nc2cc(Cl)ccc2[C@]12N[C@@H](CO)[C@@H]([N+](=O)[O-])[C@@H]2c1cccc(Cl)c1F. The number of hydrogen-bond donors (Lipinski definition) is 7. The number of fused-ring (bicyclic) bond motifs is 4. The van der Waals surface area contributed by atoms with Crippen LogP contribution in [0.5, 0.6) is 0 Å². The van der Waals surface area contributed by atoms with Crippen molar-refractivity contribution < 1.29 is 33.5 Å². The van der Waals surface area contributed by atoms with Gasteiger partial charge in [0.1, 0.15) is 28.8 Å². The van der Waals surface area contributed by atoms with E-state index in [-0.39, 0.29) is 48.5 Å². The molecule has 2 amide bonds. The van der Waals surface area contributed by atoms with Crippen molar-refractivity contribution >= 4 is 69.6 Å². The fraction of sp³-hybridized carbons (Fsp3) is 0.316. The number of hydrogen-bond acceptors (Lipinski definition) is 9. The number of amides is 2. The number of nitrogens with two attached hydrogens (primary N) is 1. The van der Waals surface area contributed by atoms with Crippen LogP contribution in [0.15, 0.2) is 72.8 Å². The molecular weight excluding hydrogens is 816 g/mol. The van der Waals surface area contributed by atoms with E-state index in [2.05, 4.69) is 21.3 Å². The van der Waals surface area contributed by atoms with Crippen molar-refractivity contribution in [2.24, 2.45) is 5.73 Å². The lowest BCUT2D eigenvalue weighted by atomic mass is 9.74. The Bertz CT molecular complexity index is 2220. The van der Waals surface area contributed by atoms with Crippen molar-refractivity contribution in [1.82, 2.24) is 10.6 Å². The molecule has 4 aromatic carbocycles. The zero-order valence-electron chi connectivity index (χ0n) is 27.6. The van der Waals surface area contributed by atoms with Crippen LogP contribution in [-0.2, 0) is 20.7 Å². The number of halogens is 6. The molecule has 0 aliphatic carbocycles. The van der Waals surface area contributed by atoms with Gasteiger partial charge in [-0.3, -0.25) is 30.3 Å². The van der Waals surface area contributed by atoms with E-state index in [9.17, 15) is 38.7 Å². The van der Waals surface area contributed by atoms with Gasteiger partial charge in [-0.25, -0.2) is 8.78 Å². The van der Waals surface area contributed by atoms with Crippen molar-refractivity contribution in [2.75, 3.05) is 23.8 Å². The molecule has 2 fully saturated rings. The van der Waals surface area contributed by atoms with E-state index in [4.69, 9.17) is 52.1 Å². The third-order valence-electron chi connectivity index (χ3n) is 10.7. The second-order valence-corrected chi connectivity index (χ2v) is 15.1. The van der Waals surface area contributed by atoms with E-state index >= 15 is 0 Å². The highest BCUT2D eigenvalue weighted by molar-refractivity contribution is 6.32. The molecular formula is C38H38Cl4F2N6O6. The van der Waals surface area contributed by atoms with E-state index < -0.39 is 76.2 Å². The summed E-state index contributed by atoms with van der Waals surface area (Å²) in [5, 5.41) is 43.5. The summed E-state index contributed by atoms with van der Waals surface area (Å²) in [7, 11) is 0. The summed E-state index contributed by atoms with van der Waals surface area (Å²) >= 11 is 23.9. The summed E-state index contributed by atoms with van der Waals surface area (Å²) in [6.07, 6.45) is 0. The van der Waals surface area contributed by atoms with Gasteiger partial charge < -0.3 is 26.6 Å². The first-order chi connectivity index (χ1) is 25.7. The molecule has 18 heteroatoms. The third-order valence-corrected chi connectivity index (χ3v) is 11.7. The molecule has 8 N–H and O–H groups in total. The number of nitrogens with one attached hydrogen (secondary N) is 4. The van der Waals surface area contributed by atoms with Crippen molar-refractivity contribution in [3.8, 4) is 0 Å². The van der Waals surface area contributed by atoms with Crippen LogP contribution < -0.4 is 27.0 Å². The molecule has 298 valence electrons. The summed E-state index contributed by atoms with van der Waals surface area (Å²) in [6, 6.07) is 14.6. The van der Waals surface area contributed by atoms with Gasteiger partial charge in [-0.2, -0.15) is 0 Å². The zero-order valence-corrected chi connectivity index (χ0v) is 30.7. The average Bonchev–Trinajstić information content (AvgIpc) is 3.81. The maximum Gasteiger partial charge on any atom is 0.250 e. The third kappa shape index (κ3) is 6.50. The summed E-state index contributed by atoms with van der Waals surface area (Å²) in [5.74, 6) is -4.43. The normalized spacial score (nSPS) is 28.1. The van der Waals surface area contributed by atoms with Gasteiger partial charge in [-0.1, -0.05) is 97.7 Å². The topological polar surface area (TPSA) is 192 Å². The molecule has 56 heavy (non-hydrogen) atoms. The molecule has 4 aromatic rings. The molecule has 8 atom stereocenters. The Morgan fingerprint density at radius 2 is 1.14 bits per heavy atom. The molecule has 0 radical (unpaired) electrons. The minimum absolute atomic E-state index is 0. The van der Waals surface area contributed by atoms with E-state index in [1.807, 2.05) is 0 Å². The molecule has 2 spiro atoms. The van der Waals surface area contributed by atoms with Crippen LogP contribution in [-0.4, -0.2) is 64.3 Å². The predicted molar refractivity (Wildman–Crippen MR) is 212 cm³/mol. The maximum atomic E-state index is 14.9. The molecule has 0 unspecified atom stereocenters. The Kier molecular flexibility index (Phi) is 12.4. The second-order valence-electron chi connectivity index (χ2n) is 13.4. The van der Waals surface area contributed by atoms with Crippen LogP contribution in [0.3, 0.4) is 0 Å². The van der Waals surface area contributed by atoms with Crippen LogP contribution in [0.25, 0.3) is 0 Å². The van der Waals surface area contributed by atoms with Gasteiger partial charge in [0, 0.05) is 61.0 Å². The van der Waals surface area contributed by atoms with E-state index in [0.717, 1.165) is 0 Å². The molecule has 0 bridgehead atoms. The summed E-state index contributed by atoms with van der Waals surface area (Å²) in [4.78, 5) is 37.5. The van der Waals surface area contributed by atoms with Crippen molar-refractivity contribution in [3.05, 3.63) is 137 Å². The predicted octanol–water partition coefficient (Wildman–Crippen LogP) is 6.30. The monoisotopic (exact) mass is 852 g/mol. The fourth-order valence-electron chi connectivity index (χ4n) is 8.44. The van der Waals surface area contributed by atoms with Gasteiger partial charge in [0.25, 0.3) is 0 Å². The van der Waals surface area contributed by atoms with Crippen molar-refractivity contribution in [1.29, 1.82) is 0 Å². The number of benzene rings is 4. The first-order valence-electron chi connectivity index (χ1n) is 16.5. The minimum atomic E-state index is -1.66. The molecule has 8 rings (SSSR count). The Hall–Kier alpha value is -3.96. The summed E-state index contributed by atoms with van der Waals surface area (Å²) < 4.78 is 29.8. The smallest absolute Gasteiger partial charge is 0.250 e. The lowest BCUT2D eigenvalue weighted by molar-refractivity contribution is -0.527. The molecule has 2 saturated heterocycles. The van der Waals surface area contributed by atoms with Crippen LogP contribution >= 0.6 is 46.4 Å². The Balaban J connectivity index is 0.000000207. The Labute approximate surface area is 340 Å². The highest BCUT2D eigenvalue weighted by atomic mass is 35.5. The van der Waals surface area contributed by atoms with E-state index in [1.54, 1.807) is 42.5 Å². The lowest BCUT2D eigenvalue weighted by Gasteiger charge is -2.31. The van der Waals surface area contributed by atoms with Crippen molar-refractivity contribution in [2.45, 2.75) is 61.9 Å². The number of nitro groups is 1. The van der Waals surface area contributed by atoms with E-state index in [0.29, 0.717) is 32.5 Å². The second kappa shape index (κ2) is 16.1. The van der Waals surface area contributed by atoms with Crippen molar-refractivity contribution in [3.63, 3.8) is 0 Å². The first kappa shape index (κ1) is 43.2. The largest absolute Gasteiger partial charge is 0.395 e. The lowest BCUT2D eigenvalue weighted by Crippen LogP contribution is -2.49. The minimum Gasteiger partial charge on any atom is -0.395 e. The van der Waals surface area contributed by atoms with E-state index in [1.165, 1.54) is 30.3 Å². The van der Waals surface area contributed by atoms with Gasteiger partial charge >= 0.3 is 0 Å². The van der Waals surface area contributed by atoms with Gasteiger partial charge in [-0.15, -0.1) is 0 Å². The van der Waals surface area contributed by atoms with Gasteiger partial charge in [0.15, 0.2) is 0 Å². The van der Waals surface area contributed by atoms with Crippen LogP contribution in [0.2, 0.25) is 20.1 Å². The average molecular weight is 855 g/mol. The number of carbonyl (C=O) groups is 2. The molecule has 4 aliphatic rings. The number of carbonyl (C=O) groups excluding carboxylic acids is 2. The van der Waals surface area contributed by atoms with Crippen LogP contribution in [0.1, 0.15) is 48.9 Å².